The van der Waals surface area contributed by atoms with E-state index in [1.165, 1.54) is 6.26 Å². The molecule has 1 atom stereocenters. The van der Waals surface area contributed by atoms with E-state index in [2.05, 4.69) is 0 Å². The van der Waals surface area contributed by atoms with Crippen LogP contribution in [0.3, 0.4) is 0 Å². The van der Waals surface area contributed by atoms with E-state index in [-0.39, 0.29) is 12.5 Å². The number of likely N-dealkylation sites (tertiary alicyclic amines) is 1. The first-order chi connectivity index (χ1) is 11.4. The molecule has 0 spiro atoms. The Balaban J connectivity index is 2.01. The van der Waals surface area contributed by atoms with Gasteiger partial charge in [0.2, 0.25) is 0 Å². The average Bonchev–Trinajstić information content (AvgIpc) is 3.04. The average molecular weight is 347 g/mol. The van der Waals surface area contributed by atoms with Crippen LogP contribution in [-0.2, 0) is 9.84 Å². The molecule has 1 heterocycles. The molecule has 1 amide bonds. The minimum absolute atomic E-state index is 0.165. The third-order valence-corrected chi connectivity index (χ3v) is 6.04. The van der Waals surface area contributed by atoms with Crippen LogP contribution >= 0.6 is 0 Å². The third kappa shape index (κ3) is 3.11. The third-order valence-electron chi connectivity index (χ3n) is 4.44. The van der Waals surface area contributed by atoms with Crippen molar-refractivity contribution in [2.75, 3.05) is 26.0 Å². The van der Waals surface area contributed by atoms with Crippen LogP contribution in [0, 0.1) is 0 Å². The number of hydrogen-bond acceptors (Lipinski definition) is 4. The van der Waals surface area contributed by atoms with E-state index in [4.69, 9.17) is 4.74 Å². The summed E-state index contributed by atoms with van der Waals surface area (Å²) < 4.78 is 29.2. The fraction of sp³-hybridized carbons (Fsp3) is 0.389. The first-order valence-electron chi connectivity index (χ1n) is 8.04. The molecular weight excluding hydrogens is 326 g/mol. The Labute approximate surface area is 142 Å². The first-order valence-corrected chi connectivity index (χ1v) is 10.00. The molecule has 1 saturated heterocycles. The minimum atomic E-state index is -3.14. The van der Waals surface area contributed by atoms with Crippen molar-refractivity contribution in [2.24, 2.45) is 0 Å². The highest BCUT2D eigenvalue weighted by atomic mass is 32.2. The fourth-order valence-corrected chi connectivity index (χ4v) is 4.15. The second-order valence-electron chi connectivity index (χ2n) is 6.08. The number of fused-ring (bicyclic) bond motifs is 1. The summed E-state index contributed by atoms with van der Waals surface area (Å²) in [5.74, 6) is 0.380. The predicted octanol–water partition coefficient (Wildman–Crippen LogP) is 2.50. The molecule has 0 bridgehead atoms. The van der Waals surface area contributed by atoms with Crippen molar-refractivity contribution in [3.8, 4) is 5.75 Å². The second-order valence-corrected chi connectivity index (χ2v) is 8.41. The maximum Gasteiger partial charge on any atom is 0.258 e. The van der Waals surface area contributed by atoms with Gasteiger partial charge in [-0.1, -0.05) is 30.3 Å². The molecule has 2 aromatic carbocycles. The van der Waals surface area contributed by atoms with Gasteiger partial charge in [-0.05, 0) is 30.2 Å². The molecule has 5 nitrogen and oxygen atoms in total. The zero-order valence-electron chi connectivity index (χ0n) is 13.9. The van der Waals surface area contributed by atoms with Crippen LogP contribution in [0.2, 0.25) is 0 Å². The van der Waals surface area contributed by atoms with Gasteiger partial charge in [0.15, 0.2) is 9.84 Å². The van der Waals surface area contributed by atoms with Crippen LogP contribution in [0.4, 0.5) is 0 Å². The summed E-state index contributed by atoms with van der Waals surface area (Å²) in [6.45, 7) is 3.03. The highest BCUT2D eigenvalue weighted by molar-refractivity contribution is 7.91. The summed E-state index contributed by atoms with van der Waals surface area (Å²) in [5.41, 5.74) is 0.518. The molecule has 1 unspecified atom stereocenters. The molecule has 1 fully saturated rings. The predicted molar refractivity (Wildman–Crippen MR) is 94.3 cm³/mol. The molecule has 128 valence electrons. The van der Waals surface area contributed by atoms with E-state index >= 15 is 0 Å². The monoisotopic (exact) mass is 347 g/mol. The maximum absolute atomic E-state index is 13.1. The Bertz CT molecular complexity index is 876. The lowest BCUT2D eigenvalue weighted by molar-refractivity contribution is 0.0791. The molecule has 0 radical (unpaired) electrons. The highest BCUT2D eigenvalue weighted by Gasteiger charge is 2.34. The molecule has 1 aliphatic rings. The summed E-state index contributed by atoms with van der Waals surface area (Å²) in [4.78, 5) is 14.7. The number of nitrogens with zero attached hydrogens (tertiary/aromatic N) is 1. The molecule has 3 rings (SSSR count). The summed E-state index contributed by atoms with van der Waals surface area (Å²) in [6, 6.07) is 11.4. The van der Waals surface area contributed by atoms with E-state index in [0.717, 1.165) is 10.8 Å². The molecule has 2 aromatic rings. The maximum atomic E-state index is 13.1. The zero-order valence-corrected chi connectivity index (χ0v) is 14.7. The van der Waals surface area contributed by atoms with Crippen molar-refractivity contribution in [3.63, 3.8) is 0 Å². The standard InChI is InChI=1S/C18H21NO4S/c1-3-23-16-9-8-13-6-4-5-7-15(13)17(16)18(20)19-11-10-14(12-19)24(2,21)22/h4-9,14H,3,10-12H2,1-2H3. The Kier molecular flexibility index (Phi) is 4.49. The van der Waals surface area contributed by atoms with Crippen molar-refractivity contribution < 1.29 is 17.9 Å². The lowest BCUT2D eigenvalue weighted by atomic mass is 10.0. The van der Waals surface area contributed by atoms with Crippen LogP contribution < -0.4 is 4.74 Å². The van der Waals surface area contributed by atoms with Crippen LogP contribution in [-0.4, -0.2) is 50.4 Å². The first kappa shape index (κ1) is 16.8. The number of hydrogen-bond donors (Lipinski definition) is 0. The molecule has 24 heavy (non-hydrogen) atoms. The van der Waals surface area contributed by atoms with E-state index < -0.39 is 15.1 Å². The van der Waals surface area contributed by atoms with Crippen LogP contribution in [0.25, 0.3) is 10.8 Å². The van der Waals surface area contributed by atoms with Gasteiger partial charge >= 0.3 is 0 Å². The van der Waals surface area contributed by atoms with Gasteiger partial charge in [0, 0.05) is 19.3 Å². The molecular formula is C18H21NO4S. The van der Waals surface area contributed by atoms with E-state index in [0.29, 0.717) is 30.9 Å². The number of benzene rings is 2. The lowest BCUT2D eigenvalue weighted by Crippen LogP contribution is -2.32. The summed E-state index contributed by atoms with van der Waals surface area (Å²) in [6.07, 6.45) is 1.72. The second kappa shape index (κ2) is 6.43. The number of ether oxygens (including phenoxy) is 1. The lowest BCUT2D eigenvalue weighted by Gasteiger charge is -2.20. The van der Waals surface area contributed by atoms with Crippen molar-refractivity contribution in [1.82, 2.24) is 4.90 Å². The van der Waals surface area contributed by atoms with Crippen molar-refractivity contribution in [1.29, 1.82) is 0 Å². The fourth-order valence-electron chi connectivity index (χ4n) is 3.17. The van der Waals surface area contributed by atoms with Crippen LogP contribution in [0.1, 0.15) is 23.7 Å². The number of amides is 1. The summed E-state index contributed by atoms with van der Waals surface area (Å²) in [7, 11) is -3.14. The Morgan fingerprint density at radius 1 is 1.25 bits per heavy atom. The van der Waals surface area contributed by atoms with Crippen molar-refractivity contribution in [3.05, 3.63) is 42.0 Å². The number of rotatable bonds is 4. The van der Waals surface area contributed by atoms with Gasteiger partial charge in [0.25, 0.3) is 5.91 Å². The molecule has 0 N–H and O–H groups in total. The molecule has 6 heteroatoms. The zero-order chi connectivity index (χ0) is 17.3. The molecule has 0 saturated carbocycles. The largest absolute Gasteiger partial charge is 0.493 e. The van der Waals surface area contributed by atoms with Gasteiger partial charge in [-0.15, -0.1) is 0 Å². The summed E-state index contributed by atoms with van der Waals surface area (Å²) in [5, 5.41) is 1.31. The number of carbonyl (C=O) groups is 1. The van der Waals surface area contributed by atoms with Gasteiger partial charge in [0.1, 0.15) is 5.75 Å². The Morgan fingerprint density at radius 2 is 2.00 bits per heavy atom. The van der Waals surface area contributed by atoms with Crippen LogP contribution in [0.15, 0.2) is 36.4 Å². The van der Waals surface area contributed by atoms with E-state index in [1.807, 2.05) is 43.3 Å². The van der Waals surface area contributed by atoms with Gasteiger partial charge in [0.05, 0.1) is 17.4 Å². The smallest absolute Gasteiger partial charge is 0.258 e. The van der Waals surface area contributed by atoms with E-state index in [1.54, 1.807) is 4.90 Å². The minimum Gasteiger partial charge on any atom is -0.493 e. The highest BCUT2D eigenvalue weighted by Crippen LogP contribution is 2.31. The number of carbonyl (C=O) groups excluding carboxylic acids is 1. The van der Waals surface area contributed by atoms with Crippen LogP contribution in [0.5, 0.6) is 5.75 Å². The summed E-state index contributed by atoms with van der Waals surface area (Å²) >= 11 is 0. The molecule has 1 aliphatic heterocycles. The quantitative estimate of drug-likeness (QED) is 0.852. The molecule has 0 aromatic heterocycles. The van der Waals surface area contributed by atoms with E-state index in [9.17, 15) is 13.2 Å². The van der Waals surface area contributed by atoms with Gasteiger partial charge < -0.3 is 9.64 Å². The van der Waals surface area contributed by atoms with Crippen molar-refractivity contribution in [2.45, 2.75) is 18.6 Å². The normalized spacial score (nSPS) is 18.1. The van der Waals surface area contributed by atoms with Crippen molar-refractivity contribution >= 4 is 26.5 Å². The Hall–Kier alpha value is -2.08. The van der Waals surface area contributed by atoms with Gasteiger partial charge in [-0.3, -0.25) is 4.79 Å². The van der Waals surface area contributed by atoms with Gasteiger partial charge in [-0.25, -0.2) is 8.42 Å². The topological polar surface area (TPSA) is 63.7 Å². The Morgan fingerprint density at radius 3 is 2.67 bits per heavy atom. The number of sulfone groups is 1. The van der Waals surface area contributed by atoms with Gasteiger partial charge in [-0.2, -0.15) is 0 Å². The molecule has 0 aliphatic carbocycles. The SMILES string of the molecule is CCOc1ccc2ccccc2c1C(=O)N1CCC(S(C)(=O)=O)C1.